The molecule has 0 unspecified atom stereocenters. The summed E-state index contributed by atoms with van der Waals surface area (Å²) < 4.78 is 19.7. The average molecular weight is 502 g/mol. The predicted molar refractivity (Wildman–Crippen MR) is 128 cm³/mol. The number of Topliss-reactive ketones (excluding diaryl/α,β-unsaturated/α-hetero) is 1. The molecule has 4 rings (SSSR count). The molecular weight excluding hydrogens is 474 g/mol. The summed E-state index contributed by atoms with van der Waals surface area (Å²) in [5.41, 5.74) is 2.49. The summed E-state index contributed by atoms with van der Waals surface area (Å²) in [7, 11) is 5.23. The van der Waals surface area contributed by atoms with Crippen LogP contribution in [0.15, 0.2) is 40.9 Å². The molecule has 0 bridgehead atoms. The monoisotopic (exact) mass is 501 g/mol. The number of rotatable bonds is 8. The van der Waals surface area contributed by atoms with Gasteiger partial charge in [0.15, 0.2) is 5.78 Å². The lowest BCUT2D eigenvalue weighted by atomic mass is 10.1. The van der Waals surface area contributed by atoms with Crippen molar-refractivity contribution < 1.29 is 19.0 Å². The molecule has 0 saturated carbocycles. The van der Waals surface area contributed by atoms with Gasteiger partial charge in [-0.2, -0.15) is 0 Å². The van der Waals surface area contributed by atoms with Gasteiger partial charge in [0.05, 0.1) is 42.0 Å². The Labute approximate surface area is 196 Å². The minimum absolute atomic E-state index is 0.0928. The number of piperazine rings is 1. The van der Waals surface area contributed by atoms with Crippen molar-refractivity contribution >= 4 is 32.6 Å². The molecule has 1 aliphatic rings. The molecule has 2 heterocycles. The molecule has 1 fully saturated rings. The standard InChI is InChI=1S/C24H28BrN3O4/c1-27-20-13-19(25)23(31-3)12-18(20)24(22(29)14-28-10-8-26-9-11-28)21(27)15-32-17-6-4-16(30-2)5-7-17/h4-7,12-13,26H,8-11,14-15H2,1-3H3. The number of carbonyl (C=O) groups excluding carboxylic acids is 1. The van der Waals surface area contributed by atoms with E-state index in [1.165, 1.54) is 0 Å². The molecule has 1 aliphatic heterocycles. The van der Waals surface area contributed by atoms with Gasteiger partial charge in [-0.25, -0.2) is 0 Å². The SMILES string of the molecule is COc1ccc(OCc2c(C(=O)CN3CCNCC3)c3cc(OC)c(Br)cc3n2C)cc1. The van der Waals surface area contributed by atoms with Crippen LogP contribution < -0.4 is 19.5 Å². The van der Waals surface area contributed by atoms with Crippen LogP contribution in [0.4, 0.5) is 0 Å². The molecule has 0 aliphatic carbocycles. The van der Waals surface area contributed by atoms with Gasteiger partial charge < -0.3 is 24.1 Å². The molecule has 7 nitrogen and oxygen atoms in total. The maximum Gasteiger partial charge on any atom is 0.179 e. The number of nitrogens with one attached hydrogen (secondary N) is 1. The van der Waals surface area contributed by atoms with Crippen molar-refractivity contribution in [3.63, 3.8) is 0 Å². The number of fused-ring (bicyclic) bond motifs is 1. The molecular formula is C24H28BrN3O4. The number of hydrogen-bond donors (Lipinski definition) is 1. The van der Waals surface area contributed by atoms with Crippen LogP contribution in [-0.4, -0.2) is 62.2 Å². The highest BCUT2D eigenvalue weighted by atomic mass is 79.9. The maximum atomic E-state index is 13.5. The quantitative estimate of drug-likeness (QED) is 0.475. The van der Waals surface area contributed by atoms with Crippen LogP contribution >= 0.6 is 15.9 Å². The number of carbonyl (C=O) groups is 1. The van der Waals surface area contributed by atoms with E-state index < -0.39 is 0 Å². The van der Waals surface area contributed by atoms with Crippen molar-refractivity contribution in [3.8, 4) is 17.2 Å². The molecule has 1 aromatic heterocycles. The van der Waals surface area contributed by atoms with Gasteiger partial charge in [0.25, 0.3) is 0 Å². The predicted octanol–water partition coefficient (Wildman–Crippen LogP) is 3.62. The zero-order valence-electron chi connectivity index (χ0n) is 18.6. The first-order valence-corrected chi connectivity index (χ1v) is 11.4. The Morgan fingerprint density at radius 3 is 2.41 bits per heavy atom. The molecule has 2 aromatic carbocycles. The van der Waals surface area contributed by atoms with Crippen LogP contribution in [0.5, 0.6) is 17.2 Å². The van der Waals surface area contributed by atoms with Crippen molar-refractivity contribution in [2.45, 2.75) is 6.61 Å². The highest BCUT2D eigenvalue weighted by Gasteiger charge is 2.25. The summed E-state index contributed by atoms with van der Waals surface area (Å²) in [6, 6.07) is 11.4. The highest BCUT2D eigenvalue weighted by molar-refractivity contribution is 9.10. The van der Waals surface area contributed by atoms with E-state index >= 15 is 0 Å². The smallest absolute Gasteiger partial charge is 0.179 e. The van der Waals surface area contributed by atoms with Crippen molar-refractivity contribution in [1.29, 1.82) is 0 Å². The van der Waals surface area contributed by atoms with E-state index in [1.54, 1.807) is 14.2 Å². The number of ketones is 1. The number of benzene rings is 2. The number of methoxy groups -OCH3 is 2. The third kappa shape index (κ3) is 4.62. The van der Waals surface area contributed by atoms with E-state index in [9.17, 15) is 4.79 Å². The Hall–Kier alpha value is -2.55. The molecule has 0 radical (unpaired) electrons. The van der Waals surface area contributed by atoms with Gasteiger partial charge in [-0.15, -0.1) is 0 Å². The number of halogens is 1. The molecule has 1 N–H and O–H groups in total. The van der Waals surface area contributed by atoms with Gasteiger partial charge in [0.1, 0.15) is 23.9 Å². The highest BCUT2D eigenvalue weighted by Crippen LogP contribution is 2.35. The second-order valence-corrected chi connectivity index (χ2v) is 8.65. The van der Waals surface area contributed by atoms with Crippen molar-refractivity contribution in [3.05, 3.63) is 52.1 Å². The first-order chi connectivity index (χ1) is 15.5. The fraction of sp³-hybridized carbons (Fsp3) is 0.375. The van der Waals surface area contributed by atoms with E-state index in [-0.39, 0.29) is 12.4 Å². The number of ether oxygens (including phenoxy) is 3. The first kappa shape index (κ1) is 22.6. The molecule has 8 heteroatoms. The molecule has 0 amide bonds. The molecule has 0 atom stereocenters. The molecule has 1 saturated heterocycles. The first-order valence-electron chi connectivity index (χ1n) is 10.6. The minimum Gasteiger partial charge on any atom is -0.497 e. The summed E-state index contributed by atoms with van der Waals surface area (Å²) in [5.74, 6) is 2.28. The van der Waals surface area contributed by atoms with Crippen molar-refractivity contribution in [2.24, 2.45) is 7.05 Å². The largest absolute Gasteiger partial charge is 0.497 e. The van der Waals surface area contributed by atoms with Crippen LogP contribution in [0.25, 0.3) is 10.9 Å². The van der Waals surface area contributed by atoms with E-state index in [1.807, 2.05) is 48.0 Å². The second kappa shape index (κ2) is 9.94. The third-order valence-electron chi connectivity index (χ3n) is 5.88. The van der Waals surface area contributed by atoms with Crippen LogP contribution in [0, 0.1) is 0 Å². The topological polar surface area (TPSA) is 65.0 Å². The van der Waals surface area contributed by atoms with Gasteiger partial charge in [-0.1, -0.05) is 0 Å². The van der Waals surface area contributed by atoms with Crippen molar-refractivity contribution in [1.82, 2.24) is 14.8 Å². The second-order valence-electron chi connectivity index (χ2n) is 7.80. The number of nitrogens with zero attached hydrogens (tertiary/aromatic N) is 2. The van der Waals surface area contributed by atoms with Gasteiger partial charge in [0, 0.05) is 38.6 Å². The van der Waals surface area contributed by atoms with Crippen LogP contribution in [-0.2, 0) is 13.7 Å². The Morgan fingerprint density at radius 2 is 1.75 bits per heavy atom. The average Bonchev–Trinajstić information content (AvgIpc) is 3.08. The van der Waals surface area contributed by atoms with Gasteiger partial charge in [0.2, 0.25) is 0 Å². The molecule has 0 spiro atoms. The van der Waals surface area contributed by atoms with Gasteiger partial charge in [-0.3, -0.25) is 9.69 Å². The summed E-state index contributed by atoms with van der Waals surface area (Å²) in [5, 5.41) is 4.21. The van der Waals surface area contributed by atoms with E-state index in [0.29, 0.717) is 17.9 Å². The number of aromatic nitrogens is 1. The lowest BCUT2D eigenvalue weighted by Crippen LogP contribution is -2.45. The molecule has 170 valence electrons. The summed E-state index contributed by atoms with van der Waals surface area (Å²) in [6.07, 6.45) is 0. The molecule has 3 aromatic rings. The number of aryl methyl sites for hydroxylation is 1. The minimum atomic E-state index is 0.0928. The van der Waals surface area contributed by atoms with E-state index in [0.717, 1.165) is 58.7 Å². The Bertz CT molecular complexity index is 1100. The zero-order valence-corrected chi connectivity index (χ0v) is 20.2. The van der Waals surface area contributed by atoms with Gasteiger partial charge in [-0.05, 0) is 52.3 Å². The maximum absolute atomic E-state index is 13.5. The van der Waals surface area contributed by atoms with E-state index in [2.05, 4.69) is 26.1 Å². The van der Waals surface area contributed by atoms with Crippen LogP contribution in [0.3, 0.4) is 0 Å². The van der Waals surface area contributed by atoms with Gasteiger partial charge >= 0.3 is 0 Å². The Balaban J connectivity index is 1.70. The zero-order chi connectivity index (χ0) is 22.7. The molecule has 32 heavy (non-hydrogen) atoms. The summed E-state index contributed by atoms with van der Waals surface area (Å²) in [4.78, 5) is 15.7. The van der Waals surface area contributed by atoms with E-state index in [4.69, 9.17) is 14.2 Å². The fourth-order valence-corrected chi connectivity index (χ4v) is 4.59. The lowest BCUT2D eigenvalue weighted by molar-refractivity contribution is 0.0920. The number of hydrogen-bond acceptors (Lipinski definition) is 6. The Kier molecular flexibility index (Phi) is 7.03. The third-order valence-corrected chi connectivity index (χ3v) is 6.50. The fourth-order valence-electron chi connectivity index (χ4n) is 4.10. The summed E-state index contributed by atoms with van der Waals surface area (Å²) in [6.45, 7) is 4.19. The van der Waals surface area contributed by atoms with Crippen LogP contribution in [0.2, 0.25) is 0 Å². The lowest BCUT2D eigenvalue weighted by Gasteiger charge is -2.26. The summed E-state index contributed by atoms with van der Waals surface area (Å²) >= 11 is 3.57. The van der Waals surface area contributed by atoms with Crippen molar-refractivity contribution in [2.75, 3.05) is 46.9 Å². The van der Waals surface area contributed by atoms with Crippen LogP contribution in [0.1, 0.15) is 16.1 Å². The normalized spacial score (nSPS) is 14.5. The Morgan fingerprint density at radius 1 is 1.06 bits per heavy atom.